The van der Waals surface area contributed by atoms with Crippen LogP contribution in [0.1, 0.15) is 40.7 Å². The van der Waals surface area contributed by atoms with Gasteiger partial charge in [0.05, 0.1) is 0 Å². The Kier molecular flexibility index (Phi) is 4.85. The van der Waals surface area contributed by atoms with E-state index in [2.05, 4.69) is 5.32 Å². The number of carbonyl (C=O) groups excluding carboxylic acids is 2. The molecule has 1 aromatic carbocycles. The number of benzene rings is 1. The molecule has 2 heterocycles. The van der Waals surface area contributed by atoms with Crippen molar-refractivity contribution >= 4 is 24.2 Å². The van der Waals surface area contributed by atoms with Gasteiger partial charge in [0.15, 0.2) is 0 Å². The number of piperidine rings is 1. The second-order valence-electron chi connectivity index (χ2n) is 5.50. The van der Waals surface area contributed by atoms with Gasteiger partial charge in [-0.25, -0.2) is 0 Å². The number of amides is 2. The van der Waals surface area contributed by atoms with Gasteiger partial charge in [-0.2, -0.15) is 0 Å². The lowest BCUT2D eigenvalue weighted by Gasteiger charge is -2.33. The molecule has 1 unspecified atom stereocenters. The maximum Gasteiger partial charge on any atom is 0.254 e. The molecule has 2 amide bonds. The number of rotatable bonds is 2. The van der Waals surface area contributed by atoms with Crippen LogP contribution in [0.5, 0.6) is 0 Å². The lowest BCUT2D eigenvalue weighted by Crippen LogP contribution is -2.50. The molecule has 5 nitrogen and oxygen atoms in total. The van der Waals surface area contributed by atoms with E-state index in [0.29, 0.717) is 18.5 Å². The van der Waals surface area contributed by atoms with Crippen LogP contribution in [0, 0.1) is 0 Å². The number of halogens is 1. The van der Waals surface area contributed by atoms with Crippen LogP contribution in [0.4, 0.5) is 0 Å². The molecule has 6 heteroatoms. The highest BCUT2D eigenvalue weighted by atomic mass is 35.5. The Morgan fingerprint density at radius 1 is 1.19 bits per heavy atom. The topological polar surface area (TPSA) is 75.4 Å². The van der Waals surface area contributed by atoms with E-state index >= 15 is 0 Å². The zero-order chi connectivity index (χ0) is 14.1. The fourth-order valence-corrected chi connectivity index (χ4v) is 3.06. The maximum atomic E-state index is 12.6. The van der Waals surface area contributed by atoms with Crippen LogP contribution >= 0.6 is 12.4 Å². The normalized spacial score (nSPS) is 20.6. The second kappa shape index (κ2) is 6.45. The van der Waals surface area contributed by atoms with Crippen molar-refractivity contribution < 1.29 is 9.59 Å². The molecule has 0 bridgehead atoms. The highest BCUT2D eigenvalue weighted by Gasteiger charge is 2.31. The number of nitrogens with two attached hydrogens (primary N) is 1. The summed E-state index contributed by atoms with van der Waals surface area (Å²) in [5.74, 6) is -0.482. The lowest BCUT2D eigenvalue weighted by molar-refractivity contribution is -0.123. The van der Waals surface area contributed by atoms with E-state index in [9.17, 15) is 9.59 Å². The van der Waals surface area contributed by atoms with Crippen LogP contribution in [-0.2, 0) is 17.9 Å². The minimum atomic E-state index is -0.456. The van der Waals surface area contributed by atoms with Crippen molar-refractivity contribution in [3.8, 4) is 0 Å². The molecule has 2 aliphatic rings. The molecule has 1 fully saturated rings. The van der Waals surface area contributed by atoms with Gasteiger partial charge < -0.3 is 16.0 Å². The lowest BCUT2D eigenvalue weighted by atomic mass is 9.99. The van der Waals surface area contributed by atoms with Crippen LogP contribution in [0.2, 0.25) is 0 Å². The summed E-state index contributed by atoms with van der Waals surface area (Å²) in [4.78, 5) is 25.8. The van der Waals surface area contributed by atoms with E-state index in [1.807, 2.05) is 18.2 Å². The largest absolute Gasteiger partial charge is 0.368 e. The van der Waals surface area contributed by atoms with Gasteiger partial charge >= 0.3 is 0 Å². The van der Waals surface area contributed by atoms with Gasteiger partial charge in [0.25, 0.3) is 5.91 Å². The summed E-state index contributed by atoms with van der Waals surface area (Å²) < 4.78 is 0. The van der Waals surface area contributed by atoms with Crippen LogP contribution < -0.4 is 11.1 Å². The SMILES string of the molecule is Cl.NC(=O)C1CCCCN1C(=O)c1ccc2c(c1)CNC2. The Morgan fingerprint density at radius 3 is 2.71 bits per heavy atom. The molecule has 1 atom stereocenters. The monoisotopic (exact) mass is 309 g/mol. The van der Waals surface area contributed by atoms with Gasteiger partial charge in [0.1, 0.15) is 6.04 Å². The highest BCUT2D eigenvalue weighted by Crippen LogP contribution is 2.22. The van der Waals surface area contributed by atoms with E-state index in [1.165, 1.54) is 11.1 Å². The summed E-state index contributed by atoms with van der Waals surface area (Å²) in [7, 11) is 0. The molecule has 1 saturated heterocycles. The van der Waals surface area contributed by atoms with E-state index in [4.69, 9.17) is 5.73 Å². The van der Waals surface area contributed by atoms with Crippen LogP contribution in [-0.4, -0.2) is 29.3 Å². The van der Waals surface area contributed by atoms with Crippen LogP contribution in [0.3, 0.4) is 0 Å². The third-order valence-electron chi connectivity index (χ3n) is 4.18. The average molecular weight is 310 g/mol. The van der Waals surface area contributed by atoms with E-state index in [0.717, 1.165) is 25.9 Å². The fourth-order valence-electron chi connectivity index (χ4n) is 3.06. The molecular weight excluding hydrogens is 290 g/mol. The van der Waals surface area contributed by atoms with Gasteiger partial charge in [-0.15, -0.1) is 12.4 Å². The number of primary amides is 1. The first-order valence-electron chi connectivity index (χ1n) is 7.09. The first-order chi connectivity index (χ1) is 9.66. The quantitative estimate of drug-likeness (QED) is 0.861. The molecule has 2 aliphatic heterocycles. The summed E-state index contributed by atoms with van der Waals surface area (Å²) in [6, 6.07) is 5.32. The summed E-state index contributed by atoms with van der Waals surface area (Å²) >= 11 is 0. The molecule has 0 spiro atoms. The number of hydrogen-bond donors (Lipinski definition) is 2. The van der Waals surface area contributed by atoms with Crippen molar-refractivity contribution in [3.05, 3.63) is 34.9 Å². The third kappa shape index (κ3) is 3.04. The molecule has 114 valence electrons. The second-order valence-corrected chi connectivity index (χ2v) is 5.50. The van der Waals surface area contributed by atoms with Gasteiger partial charge in [-0.05, 0) is 42.5 Å². The van der Waals surface area contributed by atoms with Gasteiger partial charge in [0.2, 0.25) is 5.91 Å². The zero-order valence-corrected chi connectivity index (χ0v) is 12.6. The molecule has 0 aromatic heterocycles. The van der Waals surface area contributed by atoms with Crippen molar-refractivity contribution in [2.75, 3.05) is 6.54 Å². The molecule has 21 heavy (non-hydrogen) atoms. The highest BCUT2D eigenvalue weighted by molar-refractivity contribution is 5.97. The van der Waals surface area contributed by atoms with Crippen LogP contribution in [0.15, 0.2) is 18.2 Å². The summed E-state index contributed by atoms with van der Waals surface area (Å²) in [6.07, 6.45) is 2.56. The Hall–Kier alpha value is -1.59. The van der Waals surface area contributed by atoms with Crippen molar-refractivity contribution in [2.24, 2.45) is 5.73 Å². The summed E-state index contributed by atoms with van der Waals surface area (Å²) in [5.41, 5.74) is 8.49. The third-order valence-corrected chi connectivity index (χ3v) is 4.18. The minimum absolute atomic E-state index is 0. The van der Waals surface area contributed by atoms with Crippen molar-refractivity contribution in [3.63, 3.8) is 0 Å². The first-order valence-corrected chi connectivity index (χ1v) is 7.09. The Labute approximate surface area is 130 Å². The predicted molar refractivity (Wildman–Crippen MR) is 82.1 cm³/mol. The number of likely N-dealkylation sites (tertiary alicyclic amines) is 1. The maximum absolute atomic E-state index is 12.6. The van der Waals surface area contributed by atoms with E-state index < -0.39 is 11.9 Å². The number of nitrogens with one attached hydrogen (secondary N) is 1. The Balaban J connectivity index is 0.00000161. The van der Waals surface area contributed by atoms with Crippen LogP contribution in [0.25, 0.3) is 0 Å². The standard InChI is InChI=1S/C15H19N3O2.ClH/c16-14(19)13-3-1-2-6-18(13)15(20)10-4-5-11-8-17-9-12(11)7-10;/h4-5,7,13,17H,1-3,6,8-9H2,(H2,16,19);1H. The summed E-state index contributed by atoms with van der Waals surface area (Å²) in [6.45, 7) is 2.27. The molecular formula is C15H20ClN3O2. The van der Waals surface area contributed by atoms with Crippen molar-refractivity contribution in [1.82, 2.24) is 10.2 Å². The predicted octanol–water partition coefficient (Wildman–Crippen LogP) is 1.19. The zero-order valence-electron chi connectivity index (χ0n) is 11.8. The smallest absolute Gasteiger partial charge is 0.254 e. The molecule has 0 radical (unpaired) electrons. The Bertz CT molecular complexity index is 562. The number of carbonyl (C=O) groups is 2. The molecule has 1 aromatic rings. The number of hydrogen-bond acceptors (Lipinski definition) is 3. The summed E-state index contributed by atoms with van der Waals surface area (Å²) in [5, 5.41) is 3.26. The molecule has 0 aliphatic carbocycles. The van der Waals surface area contributed by atoms with Gasteiger partial charge in [-0.3, -0.25) is 9.59 Å². The van der Waals surface area contributed by atoms with Gasteiger partial charge in [-0.1, -0.05) is 6.07 Å². The van der Waals surface area contributed by atoms with Crippen molar-refractivity contribution in [2.45, 2.75) is 38.4 Å². The van der Waals surface area contributed by atoms with Crippen molar-refractivity contribution in [1.29, 1.82) is 0 Å². The average Bonchev–Trinajstić information content (AvgIpc) is 2.93. The first kappa shape index (κ1) is 15.8. The Morgan fingerprint density at radius 2 is 1.95 bits per heavy atom. The minimum Gasteiger partial charge on any atom is -0.368 e. The van der Waals surface area contributed by atoms with E-state index in [-0.39, 0.29) is 18.3 Å². The molecule has 0 saturated carbocycles. The van der Waals surface area contributed by atoms with E-state index in [1.54, 1.807) is 4.90 Å². The fraction of sp³-hybridized carbons (Fsp3) is 0.467. The molecule has 3 N–H and O–H groups in total. The number of fused-ring (bicyclic) bond motifs is 1. The molecule has 3 rings (SSSR count). The van der Waals surface area contributed by atoms with Gasteiger partial charge in [0, 0.05) is 25.2 Å². The number of nitrogens with zero attached hydrogens (tertiary/aromatic N) is 1.